The first-order chi connectivity index (χ1) is 6.81. The third kappa shape index (κ3) is 1.83. The van der Waals surface area contributed by atoms with Crippen LogP contribution in [0.3, 0.4) is 0 Å². The fourth-order valence-electron chi connectivity index (χ4n) is 2.07. The molecule has 0 unspecified atom stereocenters. The summed E-state index contributed by atoms with van der Waals surface area (Å²) in [4.78, 5) is 2.36. The van der Waals surface area contributed by atoms with Gasteiger partial charge in [0.25, 0.3) is 0 Å². The second-order valence-electron chi connectivity index (χ2n) is 4.02. The monoisotopic (exact) mass is 195 g/mol. The lowest BCUT2D eigenvalue weighted by Gasteiger charge is -2.22. The Hall–Kier alpha value is -0.800. The topological polar surface area (TPSA) is 36.6 Å². The minimum absolute atomic E-state index is 0.307. The minimum atomic E-state index is 0.307. The van der Waals surface area contributed by atoms with Crippen LogP contribution in [-0.4, -0.2) is 29.7 Å². The van der Waals surface area contributed by atoms with Crippen LogP contribution in [0.5, 0.6) is 0 Å². The Balaban J connectivity index is 1.97. The number of hydrogen-bond donors (Lipinski definition) is 1. The molecule has 1 fully saturated rings. The number of likely N-dealkylation sites (tertiary alicyclic amines) is 1. The van der Waals surface area contributed by atoms with E-state index in [9.17, 15) is 0 Å². The van der Waals surface area contributed by atoms with Gasteiger partial charge in [0.05, 0.1) is 12.3 Å². The molecular weight excluding hydrogens is 178 g/mol. The predicted molar refractivity (Wildman–Crippen MR) is 53.9 cm³/mol. The van der Waals surface area contributed by atoms with Crippen molar-refractivity contribution >= 4 is 0 Å². The molecule has 1 aliphatic heterocycles. The van der Waals surface area contributed by atoms with Gasteiger partial charge in [-0.2, -0.15) is 0 Å². The van der Waals surface area contributed by atoms with Crippen molar-refractivity contribution in [3.05, 3.63) is 24.2 Å². The maximum atomic E-state index is 9.05. The van der Waals surface area contributed by atoms with E-state index in [0.29, 0.717) is 18.6 Å². The van der Waals surface area contributed by atoms with Crippen molar-refractivity contribution in [2.45, 2.75) is 19.4 Å². The molecule has 3 heteroatoms. The first-order valence-electron chi connectivity index (χ1n) is 5.19. The molecule has 0 radical (unpaired) electrons. The van der Waals surface area contributed by atoms with Gasteiger partial charge in [-0.25, -0.2) is 0 Å². The molecule has 1 N–H and O–H groups in total. The van der Waals surface area contributed by atoms with Gasteiger partial charge in [-0.05, 0) is 37.9 Å². The number of nitrogens with zero attached hydrogens (tertiary/aromatic N) is 1. The van der Waals surface area contributed by atoms with E-state index in [4.69, 9.17) is 9.52 Å². The maximum absolute atomic E-state index is 9.05. The molecular formula is C11H17NO2. The Labute approximate surface area is 84.3 Å². The molecule has 0 bridgehead atoms. The van der Waals surface area contributed by atoms with Crippen LogP contribution in [0.1, 0.15) is 25.1 Å². The molecule has 0 aromatic carbocycles. The average Bonchev–Trinajstić information content (AvgIpc) is 2.88. The van der Waals surface area contributed by atoms with Crippen LogP contribution in [-0.2, 0) is 0 Å². The lowest BCUT2D eigenvalue weighted by Crippen LogP contribution is -2.24. The van der Waals surface area contributed by atoms with Crippen molar-refractivity contribution in [3.8, 4) is 0 Å². The highest BCUT2D eigenvalue weighted by Gasteiger charge is 2.27. The van der Waals surface area contributed by atoms with E-state index in [-0.39, 0.29) is 0 Å². The van der Waals surface area contributed by atoms with Crippen LogP contribution < -0.4 is 0 Å². The molecule has 3 nitrogen and oxygen atoms in total. The van der Waals surface area contributed by atoms with Gasteiger partial charge in [-0.15, -0.1) is 0 Å². The van der Waals surface area contributed by atoms with Crippen LogP contribution in [0.4, 0.5) is 0 Å². The van der Waals surface area contributed by atoms with E-state index in [1.165, 1.54) is 0 Å². The molecule has 0 spiro atoms. The number of aliphatic hydroxyl groups is 1. The van der Waals surface area contributed by atoms with Crippen LogP contribution in [0.2, 0.25) is 0 Å². The third-order valence-electron chi connectivity index (χ3n) is 3.08. The Bertz CT molecular complexity index is 271. The van der Waals surface area contributed by atoms with Crippen LogP contribution >= 0.6 is 0 Å². The molecule has 0 saturated carbocycles. The van der Waals surface area contributed by atoms with E-state index in [2.05, 4.69) is 11.8 Å². The van der Waals surface area contributed by atoms with Crippen LogP contribution in [0.25, 0.3) is 0 Å². The number of aliphatic hydroxyl groups excluding tert-OH is 1. The zero-order valence-electron chi connectivity index (χ0n) is 8.52. The Kier molecular flexibility index (Phi) is 2.89. The molecule has 0 aliphatic carbocycles. The zero-order valence-corrected chi connectivity index (χ0v) is 8.52. The molecule has 2 heterocycles. The molecule has 1 aromatic heterocycles. The van der Waals surface area contributed by atoms with Gasteiger partial charge < -0.3 is 9.52 Å². The summed E-state index contributed by atoms with van der Waals surface area (Å²) in [6, 6.07) is 4.27. The Morgan fingerprint density at radius 3 is 3.14 bits per heavy atom. The second kappa shape index (κ2) is 4.15. The zero-order chi connectivity index (χ0) is 9.97. The van der Waals surface area contributed by atoms with Gasteiger partial charge in [0.2, 0.25) is 0 Å². The van der Waals surface area contributed by atoms with E-state index in [1.54, 1.807) is 6.26 Å². The van der Waals surface area contributed by atoms with Crippen molar-refractivity contribution in [3.63, 3.8) is 0 Å². The van der Waals surface area contributed by atoms with Gasteiger partial charge in [-0.3, -0.25) is 4.90 Å². The lowest BCUT2D eigenvalue weighted by molar-refractivity contribution is 0.193. The molecule has 1 aliphatic rings. The van der Waals surface area contributed by atoms with Crippen molar-refractivity contribution in [2.24, 2.45) is 5.92 Å². The lowest BCUT2D eigenvalue weighted by atomic mass is 10.1. The summed E-state index contributed by atoms with van der Waals surface area (Å²) < 4.78 is 5.37. The summed E-state index contributed by atoms with van der Waals surface area (Å²) in [5.41, 5.74) is 0. The average molecular weight is 195 g/mol. The van der Waals surface area contributed by atoms with Crippen molar-refractivity contribution < 1.29 is 9.52 Å². The first-order valence-corrected chi connectivity index (χ1v) is 5.19. The highest BCUT2D eigenvalue weighted by Crippen LogP contribution is 2.27. The second-order valence-corrected chi connectivity index (χ2v) is 4.02. The normalized spacial score (nSPS) is 25.4. The van der Waals surface area contributed by atoms with Crippen molar-refractivity contribution in [1.82, 2.24) is 4.90 Å². The summed E-state index contributed by atoms with van der Waals surface area (Å²) in [7, 11) is 0. The number of rotatable bonds is 3. The molecule has 1 saturated heterocycles. The number of hydrogen-bond acceptors (Lipinski definition) is 3. The molecule has 0 amide bonds. The highest BCUT2D eigenvalue weighted by atomic mass is 16.3. The van der Waals surface area contributed by atoms with E-state index in [0.717, 1.165) is 25.3 Å². The third-order valence-corrected chi connectivity index (χ3v) is 3.08. The summed E-state index contributed by atoms with van der Waals surface area (Å²) in [5.74, 6) is 1.47. The Morgan fingerprint density at radius 1 is 1.71 bits per heavy atom. The van der Waals surface area contributed by atoms with Gasteiger partial charge in [0.1, 0.15) is 5.76 Å². The predicted octanol–water partition coefficient (Wildman–Crippen LogP) is 1.65. The van der Waals surface area contributed by atoms with Gasteiger partial charge in [0, 0.05) is 13.2 Å². The van der Waals surface area contributed by atoms with Gasteiger partial charge >= 0.3 is 0 Å². The molecule has 1 aromatic rings. The van der Waals surface area contributed by atoms with E-state index in [1.807, 2.05) is 12.1 Å². The van der Waals surface area contributed by atoms with Crippen molar-refractivity contribution in [2.75, 3.05) is 19.7 Å². The smallest absolute Gasteiger partial charge is 0.120 e. The standard InChI is InChI=1S/C11H17NO2/c1-9(11-3-2-6-14-11)12-5-4-10(7-12)8-13/h2-3,6,9-10,13H,4-5,7-8H2,1H3/t9-,10-/m1/s1. The summed E-state index contributed by atoms with van der Waals surface area (Å²) in [6.45, 7) is 4.51. The fraction of sp³-hybridized carbons (Fsp3) is 0.636. The van der Waals surface area contributed by atoms with Gasteiger partial charge in [0.15, 0.2) is 0 Å². The SMILES string of the molecule is C[C@H](c1ccco1)N1CC[C@@H](CO)C1. The van der Waals surface area contributed by atoms with E-state index < -0.39 is 0 Å². The largest absolute Gasteiger partial charge is 0.468 e. The van der Waals surface area contributed by atoms with Crippen LogP contribution in [0, 0.1) is 5.92 Å². The molecule has 78 valence electrons. The first kappa shape index (κ1) is 9.74. The molecule has 14 heavy (non-hydrogen) atoms. The summed E-state index contributed by atoms with van der Waals surface area (Å²) in [6.07, 6.45) is 2.81. The maximum Gasteiger partial charge on any atom is 0.120 e. The fourth-order valence-corrected chi connectivity index (χ4v) is 2.07. The Morgan fingerprint density at radius 2 is 2.57 bits per heavy atom. The van der Waals surface area contributed by atoms with Crippen molar-refractivity contribution in [1.29, 1.82) is 0 Å². The summed E-state index contributed by atoms with van der Waals surface area (Å²) in [5, 5.41) is 9.05. The van der Waals surface area contributed by atoms with E-state index >= 15 is 0 Å². The summed E-state index contributed by atoms with van der Waals surface area (Å²) >= 11 is 0. The minimum Gasteiger partial charge on any atom is -0.468 e. The molecule has 2 rings (SSSR count). The van der Waals surface area contributed by atoms with Gasteiger partial charge in [-0.1, -0.05) is 0 Å². The van der Waals surface area contributed by atoms with Crippen LogP contribution in [0.15, 0.2) is 22.8 Å². The highest BCUT2D eigenvalue weighted by molar-refractivity contribution is 5.04. The molecule has 2 atom stereocenters. The number of furan rings is 1. The quantitative estimate of drug-likeness (QED) is 0.796.